The summed E-state index contributed by atoms with van der Waals surface area (Å²) in [7, 11) is 0. The fourth-order valence-electron chi connectivity index (χ4n) is 4.44. The Morgan fingerprint density at radius 2 is 1.80 bits per heavy atom. The summed E-state index contributed by atoms with van der Waals surface area (Å²) < 4.78 is 5.57. The summed E-state index contributed by atoms with van der Waals surface area (Å²) in [5.74, 6) is 2.13. The van der Waals surface area contributed by atoms with Crippen LogP contribution in [0.2, 0.25) is 0 Å². The van der Waals surface area contributed by atoms with Crippen LogP contribution < -0.4 is 0 Å². The van der Waals surface area contributed by atoms with E-state index in [2.05, 4.69) is 62.4 Å². The van der Waals surface area contributed by atoms with E-state index in [1.165, 1.54) is 28.0 Å². The molecule has 2 atom stereocenters. The molecule has 0 aromatic heterocycles. The molecule has 4 heteroatoms. The zero-order valence-corrected chi connectivity index (χ0v) is 19.6. The highest BCUT2D eigenvalue weighted by Gasteiger charge is 2.62. The van der Waals surface area contributed by atoms with Gasteiger partial charge in [-0.1, -0.05) is 50.2 Å². The number of likely N-dealkylation sites (tertiary alicyclic amines) is 1. The molecule has 1 heterocycles. The zero-order chi connectivity index (χ0) is 21.5. The Morgan fingerprint density at radius 3 is 2.40 bits per heavy atom. The number of nitrogens with zero attached hydrogens (tertiary/aromatic N) is 1. The van der Waals surface area contributed by atoms with Crippen LogP contribution in [0, 0.1) is 5.92 Å². The van der Waals surface area contributed by atoms with Crippen LogP contribution in [0.1, 0.15) is 63.6 Å². The van der Waals surface area contributed by atoms with Crippen molar-refractivity contribution in [1.82, 2.24) is 4.90 Å². The van der Waals surface area contributed by atoms with E-state index in [9.17, 15) is 4.79 Å². The lowest BCUT2D eigenvalue weighted by Crippen LogP contribution is -2.37. The summed E-state index contributed by atoms with van der Waals surface area (Å²) >= 11 is 1.88. The van der Waals surface area contributed by atoms with E-state index in [0.29, 0.717) is 11.8 Å². The van der Waals surface area contributed by atoms with E-state index in [-0.39, 0.29) is 11.5 Å². The first-order valence-electron chi connectivity index (χ1n) is 11.0. The summed E-state index contributed by atoms with van der Waals surface area (Å²) in [6.07, 6.45) is 1.01. The molecular formula is C26H33NO2S. The molecule has 0 N–H and O–H groups in total. The molecule has 2 aliphatic rings. The van der Waals surface area contributed by atoms with E-state index >= 15 is 0 Å². The van der Waals surface area contributed by atoms with Gasteiger partial charge in [0.15, 0.2) is 0 Å². The molecule has 2 unspecified atom stereocenters. The highest BCUT2D eigenvalue weighted by atomic mass is 32.2. The lowest BCUT2D eigenvalue weighted by molar-refractivity contribution is 0.0270. The molecule has 0 radical (unpaired) electrons. The van der Waals surface area contributed by atoms with E-state index in [0.717, 1.165) is 18.8 Å². The van der Waals surface area contributed by atoms with E-state index in [4.69, 9.17) is 4.74 Å². The molecule has 1 aliphatic heterocycles. The van der Waals surface area contributed by atoms with Gasteiger partial charge in [-0.05, 0) is 67.9 Å². The highest BCUT2D eigenvalue weighted by molar-refractivity contribution is 7.98. The third kappa shape index (κ3) is 4.54. The second kappa shape index (κ2) is 7.96. The molecule has 4 rings (SSSR count). The number of carbonyl (C=O) groups is 1. The number of hydrogen-bond donors (Lipinski definition) is 0. The second-order valence-corrected chi connectivity index (χ2v) is 11.2. The maximum atomic E-state index is 12.4. The Labute approximate surface area is 185 Å². The van der Waals surface area contributed by atoms with Gasteiger partial charge in [0, 0.05) is 29.2 Å². The molecule has 160 valence electrons. The lowest BCUT2D eigenvalue weighted by atomic mass is 9.95. The molecular weight excluding hydrogens is 390 g/mol. The van der Waals surface area contributed by atoms with Gasteiger partial charge in [-0.3, -0.25) is 0 Å². The van der Waals surface area contributed by atoms with Crippen molar-refractivity contribution in [3.8, 4) is 0 Å². The van der Waals surface area contributed by atoms with Gasteiger partial charge in [-0.2, -0.15) is 0 Å². The van der Waals surface area contributed by atoms with Crippen molar-refractivity contribution in [3.05, 3.63) is 65.2 Å². The van der Waals surface area contributed by atoms with Crippen molar-refractivity contribution >= 4 is 17.9 Å². The zero-order valence-electron chi connectivity index (χ0n) is 18.8. The largest absolute Gasteiger partial charge is 0.444 e. The Balaban J connectivity index is 1.34. The maximum absolute atomic E-state index is 12.4. The van der Waals surface area contributed by atoms with Gasteiger partial charge in [0.1, 0.15) is 5.60 Å². The van der Waals surface area contributed by atoms with Crippen molar-refractivity contribution in [2.45, 2.75) is 68.6 Å². The van der Waals surface area contributed by atoms with Crippen molar-refractivity contribution < 1.29 is 9.53 Å². The summed E-state index contributed by atoms with van der Waals surface area (Å²) in [6, 6.07) is 18.0. The third-order valence-corrected chi connectivity index (χ3v) is 7.36. The number of carbonyl (C=O) groups excluding carboxylic acids is 1. The summed E-state index contributed by atoms with van der Waals surface area (Å²) in [5, 5.41) is 0. The number of ether oxygens (including phenoxy) is 1. The normalized spacial score (nSPS) is 22.9. The average Bonchev–Trinajstić information content (AvgIpc) is 3.26. The van der Waals surface area contributed by atoms with Gasteiger partial charge in [0.2, 0.25) is 0 Å². The Kier molecular flexibility index (Phi) is 5.65. The van der Waals surface area contributed by atoms with Crippen molar-refractivity contribution in [2.24, 2.45) is 5.92 Å². The van der Waals surface area contributed by atoms with E-state index < -0.39 is 5.60 Å². The van der Waals surface area contributed by atoms with Gasteiger partial charge in [-0.25, -0.2) is 4.79 Å². The molecule has 0 bridgehead atoms. The number of amides is 1. The smallest absolute Gasteiger partial charge is 0.410 e. The molecule has 1 saturated heterocycles. The van der Waals surface area contributed by atoms with Crippen molar-refractivity contribution in [3.63, 3.8) is 0 Å². The van der Waals surface area contributed by atoms with Crippen LogP contribution in [-0.2, 0) is 15.9 Å². The molecule has 1 aliphatic carbocycles. The lowest BCUT2D eigenvalue weighted by Gasteiger charge is -2.26. The Hall–Kier alpha value is -1.94. The third-order valence-electron chi connectivity index (χ3n) is 6.28. The first-order chi connectivity index (χ1) is 14.2. The van der Waals surface area contributed by atoms with Gasteiger partial charge >= 0.3 is 6.09 Å². The van der Waals surface area contributed by atoms with Crippen LogP contribution in [0.25, 0.3) is 0 Å². The van der Waals surface area contributed by atoms with Crippen LogP contribution in [0.3, 0.4) is 0 Å². The minimum absolute atomic E-state index is 0.146. The number of piperidine rings is 1. The van der Waals surface area contributed by atoms with Crippen LogP contribution in [0.5, 0.6) is 0 Å². The summed E-state index contributed by atoms with van der Waals surface area (Å²) in [5.41, 5.74) is 3.82. The Bertz CT molecular complexity index is 898. The standard InChI is InChI=1S/C26H33NO2S/c1-18(2)20-8-6-19(7-9-20)16-30-23-12-10-21(11-13-23)26-14-22(26)15-27(17-26)24(28)29-25(3,4)5/h6-13,18,22H,14-17H2,1-5H3. The van der Waals surface area contributed by atoms with Crippen LogP contribution >= 0.6 is 11.8 Å². The Morgan fingerprint density at radius 1 is 1.13 bits per heavy atom. The van der Waals surface area contributed by atoms with Crippen molar-refractivity contribution in [2.75, 3.05) is 13.1 Å². The molecule has 1 amide bonds. The molecule has 3 nitrogen and oxygen atoms in total. The van der Waals surface area contributed by atoms with Crippen LogP contribution in [0.4, 0.5) is 4.79 Å². The number of fused-ring (bicyclic) bond motifs is 1. The van der Waals surface area contributed by atoms with Crippen molar-refractivity contribution in [1.29, 1.82) is 0 Å². The van der Waals surface area contributed by atoms with Crippen LogP contribution in [-0.4, -0.2) is 29.7 Å². The number of hydrogen-bond acceptors (Lipinski definition) is 3. The minimum atomic E-state index is -0.439. The predicted octanol–water partition coefficient (Wildman–Crippen LogP) is 6.61. The maximum Gasteiger partial charge on any atom is 0.410 e. The van der Waals surface area contributed by atoms with Gasteiger partial charge in [0.05, 0.1) is 0 Å². The monoisotopic (exact) mass is 423 g/mol. The number of thioether (sulfide) groups is 1. The van der Waals surface area contributed by atoms with Gasteiger partial charge in [-0.15, -0.1) is 11.8 Å². The quantitative estimate of drug-likeness (QED) is 0.507. The van der Waals surface area contributed by atoms with Gasteiger partial charge < -0.3 is 9.64 Å². The molecule has 2 fully saturated rings. The molecule has 0 spiro atoms. The summed E-state index contributed by atoms with van der Waals surface area (Å²) in [4.78, 5) is 15.6. The summed E-state index contributed by atoms with van der Waals surface area (Å²) in [6.45, 7) is 11.8. The average molecular weight is 424 g/mol. The van der Waals surface area contributed by atoms with E-state index in [1.807, 2.05) is 37.4 Å². The fourth-order valence-corrected chi connectivity index (χ4v) is 5.30. The molecule has 2 aromatic rings. The van der Waals surface area contributed by atoms with Crippen LogP contribution in [0.15, 0.2) is 53.4 Å². The van der Waals surface area contributed by atoms with Gasteiger partial charge in [0.25, 0.3) is 0 Å². The molecule has 2 aromatic carbocycles. The second-order valence-electron chi connectivity index (χ2n) is 10.1. The number of rotatable bonds is 5. The SMILES string of the molecule is CC(C)c1ccc(CSc2ccc(C34CC3CN(C(=O)OC(C)(C)C)C4)cc2)cc1. The molecule has 30 heavy (non-hydrogen) atoms. The first kappa shape index (κ1) is 21.3. The fraction of sp³-hybridized carbons (Fsp3) is 0.500. The van der Waals surface area contributed by atoms with E-state index in [1.54, 1.807) is 0 Å². The molecule has 1 saturated carbocycles. The number of benzene rings is 2. The first-order valence-corrected chi connectivity index (χ1v) is 11.9. The highest BCUT2D eigenvalue weighted by Crippen LogP contribution is 2.59. The topological polar surface area (TPSA) is 29.5 Å². The minimum Gasteiger partial charge on any atom is -0.444 e. The predicted molar refractivity (Wildman–Crippen MR) is 124 cm³/mol.